The van der Waals surface area contributed by atoms with Crippen molar-refractivity contribution < 1.29 is 17.5 Å². The number of sulfone groups is 1. The minimum Gasteiger partial charge on any atom is -0.497 e. The van der Waals surface area contributed by atoms with Gasteiger partial charge in [0.1, 0.15) is 11.6 Å². The van der Waals surface area contributed by atoms with Crippen molar-refractivity contribution in [3.63, 3.8) is 0 Å². The monoisotopic (exact) mass is 373 g/mol. The second-order valence-corrected chi connectivity index (χ2v) is 7.21. The summed E-state index contributed by atoms with van der Waals surface area (Å²) in [7, 11) is -2.23. The van der Waals surface area contributed by atoms with Crippen molar-refractivity contribution in [2.75, 3.05) is 12.8 Å². The number of benzene rings is 2. The van der Waals surface area contributed by atoms with Gasteiger partial charge in [0.15, 0.2) is 9.84 Å². The first-order valence-corrected chi connectivity index (χ1v) is 8.38. The van der Waals surface area contributed by atoms with Gasteiger partial charge in [-0.25, -0.2) is 12.8 Å². The minimum absolute atomic E-state index is 0.00178. The molecule has 2 aromatic rings. The summed E-state index contributed by atoms with van der Waals surface area (Å²) in [5.41, 5.74) is 6.34. The average Bonchev–Trinajstić information content (AvgIpc) is 2.42. The van der Waals surface area contributed by atoms with E-state index < -0.39 is 15.7 Å². The lowest BCUT2D eigenvalue weighted by Crippen LogP contribution is -2.09. The summed E-state index contributed by atoms with van der Waals surface area (Å²) in [6.45, 7) is 0. The molecule has 0 saturated carbocycles. The lowest BCUT2D eigenvalue weighted by molar-refractivity contribution is 0.413. The Labute approximate surface area is 130 Å². The van der Waals surface area contributed by atoms with Gasteiger partial charge in [0.05, 0.1) is 23.4 Å². The SMILES string of the molecule is COc1ccc(N)c(S(=O)(=O)Cc2ccc(F)cc2Br)c1. The van der Waals surface area contributed by atoms with E-state index >= 15 is 0 Å². The third-order valence-electron chi connectivity index (χ3n) is 2.92. The standard InChI is InChI=1S/C14H13BrFNO3S/c1-20-11-4-5-13(17)14(7-11)21(18,19)8-9-2-3-10(16)6-12(9)15/h2-7H,8,17H2,1H3. The van der Waals surface area contributed by atoms with E-state index in [1.54, 1.807) is 6.07 Å². The van der Waals surface area contributed by atoms with Crippen molar-refractivity contribution in [1.29, 1.82) is 0 Å². The predicted octanol–water partition coefficient (Wildman–Crippen LogP) is 3.15. The molecule has 112 valence electrons. The number of halogens is 2. The number of nitrogens with two attached hydrogens (primary N) is 1. The van der Waals surface area contributed by atoms with Crippen LogP contribution in [0.25, 0.3) is 0 Å². The fourth-order valence-electron chi connectivity index (χ4n) is 1.83. The molecule has 0 aromatic heterocycles. The minimum atomic E-state index is -3.67. The van der Waals surface area contributed by atoms with E-state index in [2.05, 4.69) is 15.9 Å². The Kier molecular flexibility index (Phi) is 4.53. The summed E-state index contributed by atoms with van der Waals surface area (Å²) in [4.78, 5) is -0.00178. The van der Waals surface area contributed by atoms with E-state index in [4.69, 9.17) is 10.5 Å². The van der Waals surface area contributed by atoms with Gasteiger partial charge >= 0.3 is 0 Å². The highest BCUT2D eigenvalue weighted by Crippen LogP contribution is 2.29. The van der Waals surface area contributed by atoms with Crippen molar-refractivity contribution in [3.05, 3.63) is 52.3 Å². The largest absolute Gasteiger partial charge is 0.497 e. The van der Waals surface area contributed by atoms with Crippen molar-refractivity contribution in [3.8, 4) is 5.75 Å². The first-order chi connectivity index (χ1) is 9.83. The quantitative estimate of drug-likeness (QED) is 0.835. The van der Waals surface area contributed by atoms with Gasteiger partial charge in [-0.1, -0.05) is 22.0 Å². The third kappa shape index (κ3) is 3.54. The Hall–Kier alpha value is -1.60. The van der Waals surface area contributed by atoms with Gasteiger partial charge in [0.25, 0.3) is 0 Å². The summed E-state index contributed by atoms with van der Waals surface area (Å²) < 4.78 is 43.4. The molecule has 0 atom stereocenters. The van der Waals surface area contributed by atoms with E-state index in [1.807, 2.05) is 0 Å². The molecule has 0 radical (unpaired) electrons. The molecule has 0 fully saturated rings. The van der Waals surface area contributed by atoms with Crippen LogP contribution in [0.1, 0.15) is 5.56 Å². The van der Waals surface area contributed by atoms with Gasteiger partial charge in [-0.3, -0.25) is 0 Å². The van der Waals surface area contributed by atoms with Crippen LogP contribution in [0.5, 0.6) is 5.75 Å². The number of hydrogen-bond donors (Lipinski definition) is 1. The van der Waals surface area contributed by atoms with E-state index in [0.29, 0.717) is 15.8 Å². The van der Waals surface area contributed by atoms with Crippen LogP contribution in [0, 0.1) is 5.82 Å². The average molecular weight is 374 g/mol. The van der Waals surface area contributed by atoms with Crippen LogP contribution in [0.3, 0.4) is 0 Å². The van der Waals surface area contributed by atoms with Crippen LogP contribution in [-0.4, -0.2) is 15.5 Å². The second-order valence-electron chi connectivity index (χ2n) is 4.40. The molecule has 0 spiro atoms. The van der Waals surface area contributed by atoms with E-state index in [9.17, 15) is 12.8 Å². The van der Waals surface area contributed by atoms with Crippen molar-refractivity contribution in [2.45, 2.75) is 10.6 Å². The number of rotatable bonds is 4. The molecule has 21 heavy (non-hydrogen) atoms. The van der Waals surface area contributed by atoms with E-state index in [1.165, 1.54) is 37.4 Å². The smallest absolute Gasteiger partial charge is 0.184 e. The number of methoxy groups -OCH3 is 1. The van der Waals surface area contributed by atoms with Crippen LogP contribution >= 0.6 is 15.9 Å². The maximum Gasteiger partial charge on any atom is 0.184 e. The van der Waals surface area contributed by atoms with Crippen molar-refractivity contribution >= 4 is 31.5 Å². The van der Waals surface area contributed by atoms with Crippen molar-refractivity contribution in [2.24, 2.45) is 0 Å². The number of anilines is 1. The van der Waals surface area contributed by atoms with Gasteiger partial charge in [-0.15, -0.1) is 0 Å². The van der Waals surface area contributed by atoms with E-state index in [0.717, 1.165) is 0 Å². The Morgan fingerprint density at radius 1 is 1.24 bits per heavy atom. The highest BCUT2D eigenvalue weighted by molar-refractivity contribution is 9.10. The van der Waals surface area contributed by atoms with Gasteiger partial charge in [-0.2, -0.15) is 0 Å². The van der Waals surface area contributed by atoms with Crippen LogP contribution in [0.2, 0.25) is 0 Å². The summed E-state index contributed by atoms with van der Waals surface area (Å²) in [5, 5.41) is 0. The van der Waals surface area contributed by atoms with Gasteiger partial charge < -0.3 is 10.5 Å². The lowest BCUT2D eigenvalue weighted by atomic mass is 10.2. The molecule has 2 rings (SSSR count). The Bertz CT molecular complexity index is 778. The molecular formula is C14H13BrFNO3S. The number of nitrogen functional groups attached to an aromatic ring is 1. The Balaban J connectivity index is 2.43. The highest BCUT2D eigenvalue weighted by Gasteiger charge is 2.20. The molecule has 0 aliphatic rings. The molecule has 0 aliphatic carbocycles. The Morgan fingerprint density at radius 3 is 2.57 bits per heavy atom. The molecule has 0 heterocycles. The van der Waals surface area contributed by atoms with Crippen LogP contribution < -0.4 is 10.5 Å². The maximum atomic E-state index is 13.1. The molecule has 7 heteroatoms. The second kappa shape index (κ2) is 6.03. The molecule has 0 unspecified atom stereocenters. The van der Waals surface area contributed by atoms with Crippen molar-refractivity contribution in [1.82, 2.24) is 0 Å². The first kappa shape index (κ1) is 15.8. The molecule has 0 bridgehead atoms. The molecule has 0 amide bonds. The van der Waals surface area contributed by atoms with Gasteiger partial charge in [0.2, 0.25) is 0 Å². The molecule has 0 aliphatic heterocycles. The number of hydrogen-bond acceptors (Lipinski definition) is 4. The molecule has 2 N–H and O–H groups in total. The number of ether oxygens (including phenoxy) is 1. The summed E-state index contributed by atoms with van der Waals surface area (Å²) in [6.07, 6.45) is 0. The normalized spacial score (nSPS) is 11.4. The zero-order chi connectivity index (χ0) is 15.6. The Morgan fingerprint density at radius 2 is 1.95 bits per heavy atom. The van der Waals surface area contributed by atoms with Crippen LogP contribution in [0.4, 0.5) is 10.1 Å². The molecule has 0 saturated heterocycles. The molecule has 2 aromatic carbocycles. The summed E-state index contributed by atoms with van der Waals surface area (Å²) in [6, 6.07) is 8.30. The van der Waals surface area contributed by atoms with Crippen LogP contribution in [-0.2, 0) is 15.6 Å². The van der Waals surface area contributed by atoms with Crippen LogP contribution in [0.15, 0.2) is 45.8 Å². The zero-order valence-corrected chi connectivity index (χ0v) is 13.5. The third-order valence-corrected chi connectivity index (χ3v) is 5.37. The van der Waals surface area contributed by atoms with Gasteiger partial charge in [0, 0.05) is 10.5 Å². The maximum absolute atomic E-state index is 13.1. The summed E-state index contributed by atoms with van der Waals surface area (Å²) >= 11 is 3.16. The lowest BCUT2D eigenvalue weighted by Gasteiger charge is -2.10. The molecule has 4 nitrogen and oxygen atoms in total. The topological polar surface area (TPSA) is 69.4 Å². The first-order valence-electron chi connectivity index (χ1n) is 5.93. The molecular weight excluding hydrogens is 361 g/mol. The van der Waals surface area contributed by atoms with E-state index in [-0.39, 0.29) is 16.3 Å². The highest BCUT2D eigenvalue weighted by atomic mass is 79.9. The van der Waals surface area contributed by atoms with Gasteiger partial charge in [-0.05, 0) is 29.8 Å². The fraction of sp³-hybridized carbons (Fsp3) is 0.143. The zero-order valence-electron chi connectivity index (χ0n) is 11.1. The predicted molar refractivity (Wildman–Crippen MR) is 82.4 cm³/mol. The summed E-state index contributed by atoms with van der Waals surface area (Å²) in [5.74, 6) is -0.324. The fourth-order valence-corrected chi connectivity index (χ4v) is 4.05.